The zero-order valence-corrected chi connectivity index (χ0v) is 11.1. The van der Waals surface area contributed by atoms with E-state index in [2.05, 4.69) is 35.7 Å². The van der Waals surface area contributed by atoms with Crippen molar-refractivity contribution in [2.75, 3.05) is 31.6 Å². The van der Waals surface area contributed by atoms with Crippen molar-refractivity contribution < 1.29 is 0 Å². The molecule has 0 saturated carbocycles. The molecule has 0 aromatic carbocycles. The van der Waals surface area contributed by atoms with Crippen LogP contribution in [0.15, 0.2) is 4.99 Å². The highest BCUT2D eigenvalue weighted by molar-refractivity contribution is 7.98. The van der Waals surface area contributed by atoms with Gasteiger partial charge in [0.05, 0.1) is 0 Å². The second-order valence-corrected chi connectivity index (χ2v) is 4.37. The summed E-state index contributed by atoms with van der Waals surface area (Å²) in [7, 11) is 0. The third-order valence-electron chi connectivity index (χ3n) is 1.94. The topological polar surface area (TPSA) is 36.4 Å². The smallest absolute Gasteiger partial charge is 0.191 e. The third kappa shape index (κ3) is 9.91. The van der Waals surface area contributed by atoms with Crippen molar-refractivity contribution in [3.05, 3.63) is 0 Å². The Morgan fingerprint density at radius 3 is 2.60 bits per heavy atom. The van der Waals surface area contributed by atoms with Crippen molar-refractivity contribution in [2.45, 2.75) is 33.1 Å². The molecule has 0 bridgehead atoms. The molecule has 2 N–H and O–H groups in total. The predicted octanol–water partition coefficient (Wildman–Crippen LogP) is 2.09. The van der Waals surface area contributed by atoms with Crippen LogP contribution < -0.4 is 10.6 Å². The standard InChI is InChI=1S/C11H25N3S/c1-4-6-8-13-11(12-5-2)14-9-7-10-15-3/h4-10H2,1-3H3,(H2,12,13,14). The Labute approximate surface area is 98.5 Å². The van der Waals surface area contributed by atoms with Crippen LogP contribution in [0, 0.1) is 0 Å². The number of guanidine groups is 1. The summed E-state index contributed by atoms with van der Waals surface area (Å²) < 4.78 is 0. The molecule has 0 aliphatic heterocycles. The number of hydrogen-bond donors (Lipinski definition) is 2. The van der Waals surface area contributed by atoms with E-state index >= 15 is 0 Å². The van der Waals surface area contributed by atoms with Gasteiger partial charge < -0.3 is 10.6 Å². The Kier molecular flexibility index (Phi) is 11.4. The Morgan fingerprint density at radius 1 is 1.20 bits per heavy atom. The number of hydrogen-bond acceptors (Lipinski definition) is 2. The van der Waals surface area contributed by atoms with Gasteiger partial charge in [0.1, 0.15) is 0 Å². The average molecular weight is 231 g/mol. The molecule has 90 valence electrons. The van der Waals surface area contributed by atoms with E-state index in [1.807, 2.05) is 11.8 Å². The zero-order chi connectivity index (χ0) is 11.4. The molecule has 0 aromatic rings. The van der Waals surface area contributed by atoms with Crippen molar-refractivity contribution in [1.82, 2.24) is 10.6 Å². The van der Waals surface area contributed by atoms with Crippen LogP contribution >= 0.6 is 11.8 Å². The molecule has 0 amide bonds. The fourth-order valence-corrected chi connectivity index (χ4v) is 1.54. The van der Waals surface area contributed by atoms with Crippen LogP contribution in [0.3, 0.4) is 0 Å². The average Bonchev–Trinajstić information content (AvgIpc) is 2.24. The maximum atomic E-state index is 4.50. The highest BCUT2D eigenvalue weighted by Gasteiger charge is 1.94. The Morgan fingerprint density at radius 2 is 2.00 bits per heavy atom. The SMILES string of the molecule is CCCCNC(=NCCCSC)NCC. The lowest BCUT2D eigenvalue weighted by atomic mass is 10.3. The van der Waals surface area contributed by atoms with Crippen LogP contribution in [0.25, 0.3) is 0 Å². The molecule has 0 aliphatic carbocycles. The van der Waals surface area contributed by atoms with Crippen LogP contribution in [-0.2, 0) is 0 Å². The minimum absolute atomic E-state index is 0.919. The summed E-state index contributed by atoms with van der Waals surface area (Å²) in [4.78, 5) is 4.50. The van der Waals surface area contributed by atoms with Gasteiger partial charge in [0.15, 0.2) is 5.96 Å². The Bertz CT molecular complexity index is 160. The van der Waals surface area contributed by atoms with E-state index < -0.39 is 0 Å². The highest BCUT2D eigenvalue weighted by atomic mass is 32.2. The first-order chi connectivity index (χ1) is 7.35. The van der Waals surface area contributed by atoms with Crippen molar-refractivity contribution in [2.24, 2.45) is 4.99 Å². The molecule has 0 saturated heterocycles. The lowest BCUT2D eigenvalue weighted by Crippen LogP contribution is -2.37. The number of nitrogens with zero attached hydrogens (tertiary/aromatic N) is 1. The molecule has 0 aliphatic rings. The van der Waals surface area contributed by atoms with E-state index in [9.17, 15) is 0 Å². The van der Waals surface area contributed by atoms with E-state index in [1.54, 1.807) is 0 Å². The van der Waals surface area contributed by atoms with Crippen molar-refractivity contribution >= 4 is 17.7 Å². The lowest BCUT2D eigenvalue weighted by molar-refractivity contribution is 0.729. The molecule has 0 fully saturated rings. The van der Waals surface area contributed by atoms with E-state index in [1.165, 1.54) is 18.6 Å². The van der Waals surface area contributed by atoms with Crippen molar-refractivity contribution in [3.63, 3.8) is 0 Å². The molecule has 0 unspecified atom stereocenters. The first-order valence-electron chi connectivity index (χ1n) is 5.86. The minimum atomic E-state index is 0.919. The molecule has 15 heavy (non-hydrogen) atoms. The largest absolute Gasteiger partial charge is 0.357 e. The normalized spacial score (nSPS) is 11.5. The zero-order valence-electron chi connectivity index (χ0n) is 10.3. The number of thioether (sulfide) groups is 1. The second-order valence-electron chi connectivity index (χ2n) is 3.39. The minimum Gasteiger partial charge on any atom is -0.357 e. The van der Waals surface area contributed by atoms with Gasteiger partial charge >= 0.3 is 0 Å². The van der Waals surface area contributed by atoms with Gasteiger partial charge in [-0.15, -0.1) is 0 Å². The van der Waals surface area contributed by atoms with E-state index in [-0.39, 0.29) is 0 Å². The molecule has 3 nitrogen and oxygen atoms in total. The summed E-state index contributed by atoms with van der Waals surface area (Å²) >= 11 is 1.88. The van der Waals surface area contributed by atoms with Crippen LogP contribution in [0.5, 0.6) is 0 Å². The predicted molar refractivity (Wildman–Crippen MR) is 71.9 cm³/mol. The molecule has 0 heterocycles. The van der Waals surface area contributed by atoms with Gasteiger partial charge in [0.25, 0.3) is 0 Å². The maximum Gasteiger partial charge on any atom is 0.191 e. The van der Waals surface area contributed by atoms with Crippen molar-refractivity contribution in [3.8, 4) is 0 Å². The summed E-state index contributed by atoms with van der Waals surface area (Å²) in [5.74, 6) is 2.16. The fraction of sp³-hybridized carbons (Fsp3) is 0.909. The number of unbranched alkanes of at least 4 members (excludes halogenated alkanes) is 1. The van der Waals surface area contributed by atoms with Crippen LogP contribution in [0.1, 0.15) is 33.1 Å². The lowest BCUT2D eigenvalue weighted by Gasteiger charge is -2.10. The van der Waals surface area contributed by atoms with Gasteiger partial charge in [-0.05, 0) is 31.8 Å². The molecule has 4 heteroatoms. The van der Waals surface area contributed by atoms with Crippen LogP contribution in [0.2, 0.25) is 0 Å². The van der Waals surface area contributed by atoms with Gasteiger partial charge in [-0.3, -0.25) is 4.99 Å². The molecule has 0 aromatic heterocycles. The number of rotatable bonds is 8. The van der Waals surface area contributed by atoms with Crippen molar-refractivity contribution in [1.29, 1.82) is 0 Å². The molecule has 0 radical (unpaired) electrons. The number of aliphatic imine (C=N–C) groups is 1. The Hall–Kier alpha value is -0.380. The molecular formula is C11H25N3S. The summed E-state index contributed by atoms with van der Waals surface area (Å²) in [5.41, 5.74) is 0. The van der Waals surface area contributed by atoms with Crippen LogP contribution in [-0.4, -0.2) is 37.6 Å². The first-order valence-corrected chi connectivity index (χ1v) is 7.25. The molecule has 0 atom stereocenters. The fourth-order valence-electron chi connectivity index (χ4n) is 1.13. The van der Waals surface area contributed by atoms with E-state index in [0.29, 0.717) is 0 Å². The van der Waals surface area contributed by atoms with E-state index in [0.717, 1.165) is 32.0 Å². The number of nitrogens with one attached hydrogen (secondary N) is 2. The first kappa shape index (κ1) is 14.6. The summed E-state index contributed by atoms with van der Waals surface area (Å²) in [6.45, 7) is 7.16. The summed E-state index contributed by atoms with van der Waals surface area (Å²) in [6, 6.07) is 0. The molecular weight excluding hydrogens is 206 g/mol. The molecule has 0 rings (SSSR count). The van der Waals surface area contributed by atoms with Gasteiger partial charge in [0.2, 0.25) is 0 Å². The Balaban J connectivity index is 3.68. The van der Waals surface area contributed by atoms with Gasteiger partial charge in [-0.25, -0.2) is 0 Å². The quantitative estimate of drug-likeness (QED) is 0.381. The van der Waals surface area contributed by atoms with Crippen LogP contribution in [0.4, 0.5) is 0 Å². The third-order valence-corrected chi connectivity index (χ3v) is 2.64. The van der Waals surface area contributed by atoms with Gasteiger partial charge in [0, 0.05) is 19.6 Å². The maximum absolute atomic E-state index is 4.50. The monoisotopic (exact) mass is 231 g/mol. The highest BCUT2D eigenvalue weighted by Crippen LogP contribution is 1.95. The molecule has 0 spiro atoms. The second kappa shape index (κ2) is 11.7. The summed E-state index contributed by atoms with van der Waals surface area (Å²) in [6.07, 6.45) is 5.72. The van der Waals surface area contributed by atoms with Gasteiger partial charge in [-0.2, -0.15) is 11.8 Å². The summed E-state index contributed by atoms with van der Waals surface area (Å²) in [5, 5.41) is 6.58. The van der Waals surface area contributed by atoms with Gasteiger partial charge in [-0.1, -0.05) is 13.3 Å². The van der Waals surface area contributed by atoms with E-state index in [4.69, 9.17) is 0 Å².